The van der Waals surface area contributed by atoms with E-state index in [0.29, 0.717) is 11.1 Å². The van der Waals surface area contributed by atoms with Gasteiger partial charge in [0.2, 0.25) is 0 Å². The van der Waals surface area contributed by atoms with Gasteiger partial charge in [0.05, 0.1) is 37.2 Å². The molecule has 8 nitrogen and oxygen atoms in total. The minimum atomic E-state index is -4.07. The van der Waals surface area contributed by atoms with E-state index in [2.05, 4.69) is 15.3 Å². The van der Waals surface area contributed by atoms with Crippen molar-refractivity contribution in [3.63, 3.8) is 0 Å². The van der Waals surface area contributed by atoms with Crippen LogP contribution in [-0.2, 0) is 37.8 Å². The van der Waals surface area contributed by atoms with E-state index >= 15 is 0 Å². The highest BCUT2D eigenvalue weighted by Crippen LogP contribution is 2.51. The SMILES string of the molecule is O=P(OCc1ccccc1)(OCc1ccccc1)OC[C@@H](Cc1cccc(F)c1)NC(O)c1ccc2nc[nH]c2c1. The average molecular weight is 576 g/mol. The molecule has 0 saturated carbocycles. The van der Waals surface area contributed by atoms with Gasteiger partial charge >= 0.3 is 7.82 Å². The maximum atomic E-state index is 14.0. The van der Waals surface area contributed by atoms with Gasteiger partial charge in [0.25, 0.3) is 0 Å². The van der Waals surface area contributed by atoms with Crippen molar-refractivity contribution >= 4 is 18.9 Å². The van der Waals surface area contributed by atoms with Gasteiger partial charge < -0.3 is 10.1 Å². The lowest BCUT2D eigenvalue weighted by Gasteiger charge is -2.25. The van der Waals surface area contributed by atoms with E-state index in [4.69, 9.17) is 13.6 Å². The number of halogens is 1. The number of H-pyrrole nitrogens is 1. The molecule has 5 rings (SSSR count). The summed E-state index contributed by atoms with van der Waals surface area (Å²) in [6, 6.07) is 29.5. The smallest absolute Gasteiger partial charge is 0.374 e. The lowest BCUT2D eigenvalue weighted by Crippen LogP contribution is -2.38. The van der Waals surface area contributed by atoms with Crippen LogP contribution in [-0.4, -0.2) is 27.7 Å². The van der Waals surface area contributed by atoms with E-state index in [1.807, 2.05) is 60.7 Å². The maximum absolute atomic E-state index is 14.0. The molecule has 212 valence electrons. The number of imidazole rings is 1. The number of nitrogens with zero attached hydrogens (tertiary/aromatic N) is 1. The van der Waals surface area contributed by atoms with Crippen LogP contribution in [0.1, 0.15) is 28.5 Å². The van der Waals surface area contributed by atoms with Gasteiger partial charge in [0.15, 0.2) is 0 Å². The number of aliphatic hydroxyl groups excluding tert-OH is 1. The van der Waals surface area contributed by atoms with Gasteiger partial charge in [-0.05, 0) is 52.9 Å². The predicted molar refractivity (Wildman–Crippen MR) is 154 cm³/mol. The second-order valence-corrected chi connectivity index (χ2v) is 11.2. The minimum Gasteiger partial charge on any atom is -0.374 e. The molecule has 5 aromatic rings. The lowest BCUT2D eigenvalue weighted by atomic mass is 10.1. The lowest BCUT2D eigenvalue weighted by molar-refractivity contribution is 0.0743. The standard InChI is InChI=1S/C31H31FN3O5P/c32-27-13-7-12-25(16-27)17-28(35-31(36)26-14-15-29-30(18-26)34-22-33-29)21-40-41(37,38-19-23-8-3-1-4-9-23)39-20-24-10-5-2-6-11-24/h1-16,18,22,28,31,35-36H,17,19-21H2,(H,33,34)/t28-,31?/m1/s1. The number of hydrogen-bond donors (Lipinski definition) is 3. The molecule has 0 spiro atoms. The monoisotopic (exact) mass is 575 g/mol. The topological polar surface area (TPSA) is 106 Å². The first-order valence-electron chi connectivity index (χ1n) is 13.2. The van der Waals surface area contributed by atoms with Crippen LogP contribution in [0.3, 0.4) is 0 Å². The number of fused-ring (bicyclic) bond motifs is 1. The summed E-state index contributed by atoms with van der Waals surface area (Å²) < 4.78 is 45.1. The Hall–Kier alpha value is -3.69. The molecular weight excluding hydrogens is 544 g/mol. The van der Waals surface area contributed by atoms with Crippen molar-refractivity contribution in [1.82, 2.24) is 15.3 Å². The number of benzene rings is 4. The van der Waals surface area contributed by atoms with Gasteiger partial charge in [-0.15, -0.1) is 0 Å². The molecule has 0 amide bonds. The van der Waals surface area contributed by atoms with Crippen molar-refractivity contribution in [3.05, 3.63) is 138 Å². The van der Waals surface area contributed by atoms with E-state index in [0.717, 1.165) is 22.2 Å². The van der Waals surface area contributed by atoms with Crippen molar-refractivity contribution in [2.24, 2.45) is 0 Å². The van der Waals surface area contributed by atoms with Gasteiger partial charge in [-0.25, -0.2) is 13.9 Å². The van der Waals surface area contributed by atoms with Crippen molar-refractivity contribution in [2.75, 3.05) is 6.61 Å². The Bertz CT molecular complexity index is 1540. The molecule has 0 aliphatic rings. The quantitative estimate of drug-likeness (QED) is 0.103. The number of phosphoric acid groups is 1. The summed E-state index contributed by atoms with van der Waals surface area (Å²) in [6.07, 6.45) is 0.759. The highest BCUT2D eigenvalue weighted by atomic mass is 31.2. The number of nitrogens with one attached hydrogen (secondary N) is 2. The van der Waals surface area contributed by atoms with Crippen LogP contribution in [0.4, 0.5) is 4.39 Å². The first-order valence-corrected chi connectivity index (χ1v) is 14.6. The zero-order valence-corrected chi connectivity index (χ0v) is 23.1. The normalized spacial score (nSPS) is 13.3. The van der Waals surface area contributed by atoms with Crippen LogP contribution in [0, 0.1) is 5.82 Å². The fourth-order valence-corrected chi connectivity index (χ4v) is 5.51. The molecule has 0 aliphatic carbocycles. The van der Waals surface area contributed by atoms with E-state index in [9.17, 15) is 14.1 Å². The van der Waals surface area contributed by atoms with Gasteiger partial charge in [0, 0.05) is 6.04 Å². The van der Waals surface area contributed by atoms with Gasteiger partial charge in [0.1, 0.15) is 12.0 Å². The van der Waals surface area contributed by atoms with Crippen LogP contribution >= 0.6 is 7.82 Å². The summed E-state index contributed by atoms with van der Waals surface area (Å²) in [6.45, 7) is -0.121. The Morgan fingerprint density at radius 1 is 0.829 bits per heavy atom. The van der Waals surface area contributed by atoms with Crippen molar-refractivity contribution in [3.8, 4) is 0 Å². The molecule has 1 aromatic heterocycles. The maximum Gasteiger partial charge on any atom is 0.475 e. The molecule has 0 bridgehead atoms. The third-order valence-corrected chi connectivity index (χ3v) is 7.78. The second kappa shape index (κ2) is 13.8. The summed E-state index contributed by atoms with van der Waals surface area (Å²) in [7, 11) is -4.07. The molecule has 1 heterocycles. The van der Waals surface area contributed by atoms with Gasteiger partial charge in [-0.3, -0.25) is 18.9 Å². The van der Waals surface area contributed by atoms with E-state index in [1.165, 1.54) is 12.1 Å². The zero-order valence-electron chi connectivity index (χ0n) is 22.2. The molecule has 0 aliphatic heterocycles. The molecule has 2 atom stereocenters. The molecule has 0 fully saturated rings. The molecule has 0 saturated heterocycles. The van der Waals surface area contributed by atoms with Crippen LogP contribution < -0.4 is 5.32 Å². The Labute approximate surface area is 237 Å². The fraction of sp³-hybridized carbons (Fsp3) is 0.194. The number of aromatic nitrogens is 2. The first kappa shape index (κ1) is 28.8. The highest BCUT2D eigenvalue weighted by Gasteiger charge is 2.29. The molecule has 41 heavy (non-hydrogen) atoms. The van der Waals surface area contributed by atoms with Crippen LogP contribution in [0.5, 0.6) is 0 Å². The Morgan fingerprint density at radius 3 is 2.15 bits per heavy atom. The third kappa shape index (κ3) is 8.41. The average Bonchev–Trinajstić information content (AvgIpc) is 3.47. The number of aromatic amines is 1. The van der Waals surface area contributed by atoms with E-state index in [1.54, 1.807) is 36.7 Å². The third-order valence-electron chi connectivity index (χ3n) is 6.42. The van der Waals surface area contributed by atoms with Crippen LogP contribution in [0.15, 0.2) is 109 Å². The number of aliphatic hydroxyl groups is 1. The summed E-state index contributed by atoms with van der Waals surface area (Å²) in [5, 5.41) is 14.2. The number of phosphoric ester groups is 1. The predicted octanol–water partition coefficient (Wildman–Crippen LogP) is 6.45. The molecule has 0 radical (unpaired) electrons. The van der Waals surface area contributed by atoms with Crippen LogP contribution in [0.25, 0.3) is 11.0 Å². The molecule has 1 unspecified atom stereocenters. The van der Waals surface area contributed by atoms with Crippen molar-refractivity contribution < 1.29 is 27.6 Å². The summed E-state index contributed by atoms with van der Waals surface area (Å²) in [4.78, 5) is 7.24. The second-order valence-electron chi connectivity index (χ2n) is 9.54. The number of hydrogen-bond acceptors (Lipinski definition) is 7. The van der Waals surface area contributed by atoms with E-state index < -0.39 is 20.1 Å². The Morgan fingerprint density at radius 2 is 1.49 bits per heavy atom. The highest BCUT2D eigenvalue weighted by molar-refractivity contribution is 7.48. The molecule has 3 N–H and O–H groups in total. The first-order chi connectivity index (χ1) is 20.0. The van der Waals surface area contributed by atoms with Crippen molar-refractivity contribution in [2.45, 2.75) is 31.9 Å². The summed E-state index contributed by atoms with van der Waals surface area (Å²) in [5.74, 6) is -0.379. The van der Waals surface area contributed by atoms with Gasteiger partial charge in [-0.1, -0.05) is 78.9 Å². The van der Waals surface area contributed by atoms with Crippen LogP contribution in [0.2, 0.25) is 0 Å². The zero-order chi connectivity index (χ0) is 28.5. The fourth-order valence-electron chi connectivity index (χ4n) is 4.31. The van der Waals surface area contributed by atoms with Gasteiger partial charge in [-0.2, -0.15) is 0 Å². The number of rotatable bonds is 14. The molecule has 10 heteroatoms. The summed E-state index contributed by atoms with van der Waals surface area (Å²) >= 11 is 0. The minimum absolute atomic E-state index is 0.0156. The van der Waals surface area contributed by atoms with E-state index in [-0.39, 0.29) is 32.1 Å². The van der Waals surface area contributed by atoms with Crippen molar-refractivity contribution in [1.29, 1.82) is 0 Å². The largest absolute Gasteiger partial charge is 0.475 e. The Balaban J connectivity index is 1.33. The summed E-state index contributed by atoms with van der Waals surface area (Å²) in [5.41, 5.74) is 4.42. The molecular formula is C31H31FN3O5P. The Kier molecular flexibility index (Phi) is 9.69. The molecule has 4 aromatic carbocycles.